The molecular formula is C28H39N3O. The molecule has 2 fully saturated rings. The lowest BCUT2D eigenvalue weighted by Gasteiger charge is -2.36. The zero-order chi connectivity index (χ0) is 22.0. The zero-order valence-corrected chi connectivity index (χ0v) is 19.5. The van der Waals surface area contributed by atoms with Gasteiger partial charge in [-0.15, -0.1) is 0 Å². The molecule has 4 rings (SSSR count). The van der Waals surface area contributed by atoms with Crippen molar-refractivity contribution in [1.29, 1.82) is 0 Å². The van der Waals surface area contributed by atoms with Crippen LogP contribution in [-0.4, -0.2) is 66.4 Å². The van der Waals surface area contributed by atoms with E-state index < -0.39 is 0 Å². The molecule has 2 aromatic carbocycles. The monoisotopic (exact) mass is 433 g/mol. The average molecular weight is 434 g/mol. The van der Waals surface area contributed by atoms with E-state index in [1.54, 1.807) is 0 Å². The molecule has 2 aliphatic rings. The molecule has 2 aliphatic heterocycles. The van der Waals surface area contributed by atoms with Crippen LogP contribution in [0.3, 0.4) is 0 Å². The zero-order valence-electron chi connectivity index (χ0n) is 19.5. The van der Waals surface area contributed by atoms with Crippen LogP contribution in [0.25, 0.3) is 0 Å². The number of carbonyl (C=O) groups is 1. The van der Waals surface area contributed by atoms with Gasteiger partial charge in [-0.05, 0) is 62.2 Å². The summed E-state index contributed by atoms with van der Waals surface area (Å²) in [6.45, 7) is 8.30. The third-order valence-electron chi connectivity index (χ3n) is 7.13. The standard InChI is InChI=1S/C28H39N3O/c32-28(31-21-19-30(20-22-31)23-26-11-5-2-6-12-26)16-15-27-14-8-18-29(24-27)17-7-13-25-9-3-1-4-10-25/h1-6,9-12,27H,7-8,13-24H2/t27-/m1/s1. The van der Waals surface area contributed by atoms with Crippen molar-refractivity contribution in [1.82, 2.24) is 14.7 Å². The van der Waals surface area contributed by atoms with Crippen molar-refractivity contribution in [3.05, 3.63) is 71.8 Å². The van der Waals surface area contributed by atoms with E-state index in [1.807, 2.05) is 0 Å². The number of piperazine rings is 1. The molecule has 1 atom stereocenters. The molecule has 0 radical (unpaired) electrons. The van der Waals surface area contributed by atoms with Crippen molar-refractivity contribution in [2.75, 3.05) is 45.8 Å². The Morgan fingerprint density at radius 3 is 2.22 bits per heavy atom. The highest BCUT2D eigenvalue weighted by molar-refractivity contribution is 5.76. The fourth-order valence-electron chi connectivity index (χ4n) is 5.22. The molecule has 0 saturated carbocycles. The lowest BCUT2D eigenvalue weighted by Crippen LogP contribution is -2.48. The van der Waals surface area contributed by atoms with Gasteiger partial charge in [-0.25, -0.2) is 0 Å². The molecule has 1 amide bonds. The maximum atomic E-state index is 12.8. The Kier molecular flexibility index (Phi) is 8.75. The molecule has 4 nitrogen and oxygen atoms in total. The summed E-state index contributed by atoms with van der Waals surface area (Å²) >= 11 is 0. The predicted molar refractivity (Wildman–Crippen MR) is 131 cm³/mol. The Bertz CT molecular complexity index is 802. The SMILES string of the molecule is O=C(CC[C@H]1CCCN(CCCc2ccccc2)C1)N1CCN(Cc2ccccc2)CC1. The highest BCUT2D eigenvalue weighted by Crippen LogP contribution is 2.22. The number of hydrogen-bond donors (Lipinski definition) is 0. The van der Waals surface area contributed by atoms with Crippen LogP contribution in [0, 0.1) is 5.92 Å². The van der Waals surface area contributed by atoms with Crippen molar-refractivity contribution < 1.29 is 4.79 Å². The van der Waals surface area contributed by atoms with E-state index in [4.69, 9.17) is 0 Å². The topological polar surface area (TPSA) is 26.8 Å². The second-order valence-corrected chi connectivity index (χ2v) is 9.58. The van der Waals surface area contributed by atoms with Crippen LogP contribution in [0.15, 0.2) is 60.7 Å². The van der Waals surface area contributed by atoms with Gasteiger partial charge in [0.05, 0.1) is 0 Å². The minimum Gasteiger partial charge on any atom is -0.340 e. The van der Waals surface area contributed by atoms with Gasteiger partial charge in [0.15, 0.2) is 0 Å². The van der Waals surface area contributed by atoms with E-state index >= 15 is 0 Å². The minimum atomic E-state index is 0.366. The van der Waals surface area contributed by atoms with Crippen LogP contribution in [0.4, 0.5) is 0 Å². The molecule has 0 bridgehead atoms. The van der Waals surface area contributed by atoms with Crippen LogP contribution < -0.4 is 0 Å². The third-order valence-corrected chi connectivity index (χ3v) is 7.13. The largest absolute Gasteiger partial charge is 0.340 e. The van der Waals surface area contributed by atoms with E-state index in [-0.39, 0.29) is 0 Å². The van der Waals surface area contributed by atoms with Crippen LogP contribution >= 0.6 is 0 Å². The Morgan fingerprint density at radius 2 is 1.50 bits per heavy atom. The van der Waals surface area contributed by atoms with E-state index in [9.17, 15) is 4.79 Å². The molecule has 0 aliphatic carbocycles. The number of nitrogens with zero attached hydrogens (tertiary/aromatic N) is 3. The smallest absolute Gasteiger partial charge is 0.222 e. The summed E-state index contributed by atoms with van der Waals surface area (Å²) in [5, 5.41) is 0. The van der Waals surface area contributed by atoms with Crippen LogP contribution in [0.1, 0.15) is 43.2 Å². The van der Waals surface area contributed by atoms with Crippen molar-refractivity contribution in [3.63, 3.8) is 0 Å². The summed E-state index contributed by atoms with van der Waals surface area (Å²) in [5.41, 5.74) is 2.80. The molecule has 2 aromatic rings. The number of piperidine rings is 1. The van der Waals surface area contributed by atoms with Gasteiger partial charge in [-0.2, -0.15) is 0 Å². The van der Waals surface area contributed by atoms with E-state index in [0.29, 0.717) is 11.8 Å². The third kappa shape index (κ3) is 7.18. The summed E-state index contributed by atoms with van der Waals surface area (Å²) in [4.78, 5) is 20.0. The highest BCUT2D eigenvalue weighted by Gasteiger charge is 2.24. The number of carbonyl (C=O) groups excluding carboxylic acids is 1. The van der Waals surface area contributed by atoms with Crippen LogP contribution in [0.5, 0.6) is 0 Å². The fourth-order valence-corrected chi connectivity index (χ4v) is 5.22. The van der Waals surface area contributed by atoms with Crippen molar-refractivity contribution >= 4 is 5.91 Å². The predicted octanol–water partition coefficient (Wildman–Crippen LogP) is 4.46. The number of aryl methyl sites for hydroxylation is 1. The van der Waals surface area contributed by atoms with Crippen LogP contribution in [-0.2, 0) is 17.8 Å². The molecule has 0 N–H and O–H groups in total. The summed E-state index contributed by atoms with van der Waals surface area (Å²) in [6, 6.07) is 21.5. The van der Waals surface area contributed by atoms with Crippen molar-refractivity contribution in [3.8, 4) is 0 Å². The molecular weight excluding hydrogens is 394 g/mol. The maximum absolute atomic E-state index is 12.8. The first-order valence-corrected chi connectivity index (χ1v) is 12.6. The van der Waals surface area contributed by atoms with Gasteiger partial charge in [0.2, 0.25) is 5.91 Å². The van der Waals surface area contributed by atoms with Gasteiger partial charge in [0, 0.05) is 45.7 Å². The van der Waals surface area contributed by atoms with Gasteiger partial charge in [0.1, 0.15) is 0 Å². The first-order chi connectivity index (χ1) is 15.8. The Balaban J connectivity index is 1.12. The molecule has 0 aromatic heterocycles. The Labute approximate surface area is 194 Å². The minimum absolute atomic E-state index is 0.366. The molecule has 0 spiro atoms. The number of benzene rings is 2. The van der Waals surface area contributed by atoms with Gasteiger partial charge >= 0.3 is 0 Å². The molecule has 172 valence electrons. The van der Waals surface area contributed by atoms with Gasteiger partial charge < -0.3 is 9.80 Å². The second kappa shape index (κ2) is 12.2. The highest BCUT2D eigenvalue weighted by atomic mass is 16.2. The molecule has 4 heteroatoms. The summed E-state index contributed by atoms with van der Waals surface area (Å²) in [7, 11) is 0. The number of amides is 1. The molecule has 2 heterocycles. The fraction of sp³-hybridized carbons (Fsp3) is 0.536. The van der Waals surface area contributed by atoms with Gasteiger partial charge in [-0.3, -0.25) is 9.69 Å². The number of likely N-dealkylation sites (tertiary alicyclic amines) is 1. The summed E-state index contributed by atoms with van der Waals surface area (Å²) in [6.07, 6.45) is 6.73. The average Bonchev–Trinajstić information content (AvgIpc) is 2.85. The van der Waals surface area contributed by atoms with Crippen molar-refractivity contribution in [2.24, 2.45) is 5.92 Å². The number of rotatable bonds is 9. The van der Waals surface area contributed by atoms with Crippen LogP contribution in [0.2, 0.25) is 0 Å². The van der Waals surface area contributed by atoms with Gasteiger partial charge in [0.25, 0.3) is 0 Å². The normalized spacial score (nSPS) is 20.4. The van der Waals surface area contributed by atoms with Gasteiger partial charge in [-0.1, -0.05) is 60.7 Å². The quantitative estimate of drug-likeness (QED) is 0.584. The van der Waals surface area contributed by atoms with E-state index in [1.165, 1.54) is 50.0 Å². The second-order valence-electron chi connectivity index (χ2n) is 9.58. The first-order valence-electron chi connectivity index (χ1n) is 12.6. The molecule has 0 unspecified atom stereocenters. The lowest BCUT2D eigenvalue weighted by atomic mass is 9.93. The number of hydrogen-bond acceptors (Lipinski definition) is 3. The maximum Gasteiger partial charge on any atom is 0.222 e. The van der Waals surface area contributed by atoms with E-state index in [2.05, 4.69) is 75.4 Å². The Hall–Kier alpha value is -2.17. The summed E-state index contributed by atoms with van der Waals surface area (Å²) < 4.78 is 0. The van der Waals surface area contributed by atoms with E-state index in [0.717, 1.165) is 52.0 Å². The molecule has 2 saturated heterocycles. The lowest BCUT2D eigenvalue weighted by molar-refractivity contribution is -0.133. The first kappa shape index (κ1) is 23.0. The molecule has 32 heavy (non-hydrogen) atoms. The Morgan fingerprint density at radius 1 is 0.812 bits per heavy atom. The summed E-state index contributed by atoms with van der Waals surface area (Å²) in [5.74, 6) is 1.05. The van der Waals surface area contributed by atoms with Crippen molar-refractivity contribution in [2.45, 2.75) is 45.1 Å².